The number of carbonyl (C=O) groups is 1. The molecular formula is C18H17NO2. The Morgan fingerprint density at radius 1 is 1.19 bits per heavy atom. The number of aromatic nitrogens is 1. The Morgan fingerprint density at radius 3 is 2.67 bits per heavy atom. The van der Waals surface area contributed by atoms with Gasteiger partial charge in [0.1, 0.15) is 0 Å². The largest absolute Gasteiger partial charge is 0.421 e. The van der Waals surface area contributed by atoms with Crippen LogP contribution in [0, 0.1) is 0 Å². The smallest absolute Gasteiger partial charge is 0.338 e. The van der Waals surface area contributed by atoms with Gasteiger partial charge < -0.3 is 9.72 Å². The van der Waals surface area contributed by atoms with E-state index in [9.17, 15) is 4.79 Å². The molecule has 3 rings (SSSR count). The maximum Gasteiger partial charge on any atom is 0.338 e. The molecular weight excluding hydrogens is 262 g/mol. The molecule has 1 N–H and O–H groups in total. The number of hydrogen-bond acceptors (Lipinski definition) is 2. The molecule has 0 amide bonds. The van der Waals surface area contributed by atoms with Crippen LogP contribution in [0.3, 0.4) is 0 Å². The molecule has 0 fully saturated rings. The van der Waals surface area contributed by atoms with Crippen LogP contribution in [0.5, 0.6) is 5.75 Å². The van der Waals surface area contributed by atoms with Gasteiger partial charge in [-0.1, -0.05) is 43.8 Å². The quantitative estimate of drug-likeness (QED) is 0.439. The van der Waals surface area contributed by atoms with Gasteiger partial charge in [-0.3, -0.25) is 0 Å². The second kappa shape index (κ2) is 5.09. The Labute approximate surface area is 123 Å². The number of para-hydroxylation sites is 1. The van der Waals surface area contributed by atoms with Crippen molar-refractivity contribution >= 4 is 27.8 Å². The van der Waals surface area contributed by atoms with Crippen molar-refractivity contribution in [2.45, 2.75) is 20.3 Å². The number of nitrogens with one attached hydrogen (secondary N) is 1. The van der Waals surface area contributed by atoms with E-state index in [1.54, 1.807) is 6.92 Å². The fourth-order valence-corrected chi connectivity index (χ4v) is 2.51. The number of rotatable bonds is 3. The Balaban J connectivity index is 2.28. The third-order valence-electron chi connectivity index (χ3n) is 3.64. The van der Waals surface area contributed by atoms with Gasteiger partial charge in [0.2, 0.25) is 0 Å². The zero-order valence-corrected chi connectivity index (χ0v) is 12.2. The Bertz CT molecular complexity index is 858. The molecule has 3 aromatic rings. The monoisotopic (exact) mass is 279 g/mol. The molecule has 0 radical (unpaired) electrons. The van der Waals surface area contributed by atoms with E-state index in [1.165, 1.54) is 0 Å². The zero-order chi connectivity index (χ0) is 15.0. The van der Waals surface area contributed by atoms with E-state index in [2.05, 4.69) is 23.7 Å². The summed E-state index contributed by atoms with van der Waals surface area (Å²) < 4.78 is 5.57. The van der Waals surface area contributed by atoms with E-state index in [4.69, 9.17) is 4.74 Å². The minimum Gasteiger partial charge on any atom is -0.421 e. The van der Waals surface area contributed by atoms with Crippen LogP contribution in [0.1, 0.15) is 19.4 Å². The second-order valence-electron chi connectivity index (χ2n) is 5.17. The Kier molecular flexibility index (Phi) is 3.26. The number of H-pyrrole nitrogens is 1. The van der Waals surface area contributed by atoms with Crippen LogP contribution in [0.25, 0.3) is 21.8 Å². The van der Waals surface area contributed by atoms with Crippen LogP contribution in [0.4, 0.5) is 0 Å². The van der Waals surface area contributed by atoms with Crippen molar-refractivity contribution in [1.82, 2.24) is 4.98 Å². The standard InChI is InChI=1S/C18H17NO2/c1-4-12-9-10-14-13-7-5-6-8-15(13)19-16(14)17(12)21-18(20)11(2)3/h5-10,19H,2,4H2,1,3H3. The number of fused-ring (bicyclic) bond motifs is 3. The first kappa shape index (κ1) is 13.4. The highest BCUT2D eigenvalue weighted by atomic mass is 16.5. The number of hydrogen-bond donors (Lipinski definition) is 1. The fourth-order valence-electron chi connectivity index (χ4n) is 2.51. The van der Waals surface area contributed by atoms with E-state index < -0.39 is 5.97 Å². The summed E-state index contributed by atoms with van der Waals surface area (Å²) >= 11 is 0. The summed E-state index contributed by atoms with van der Waals surface area (Å²) in [4.78, 5) is 15.3. The summed E-state index contributed by atoms with van der Waals surface area (Å²) in [7, 11) is 0. The zero-order valence-electron chi connectivity index (χ0n) is 12.2. The van der Waals surface area contributed by atoms with Gasteiger partial charge in [-0.05, 0) is 25.0 Å². The second-order valence-corrected chi connectivity index (χ2v) is 5.17. The van der Waals surface area contributed by atoms with Crippen molar-refractivity contribution in [3.63, 3.8) is 0 Å². The first-order valence-corrected chi connectivity index (χ1v) is 7.01. The molecule has 2 aromatic carbocycles. The molecule has 1 aromatic heterocycles. The van der Waals surface area contributed by atoms with E-state index in [-0.39, 0.29) is 0 Å². The summed E-state index contributed by atoms with van der Waals surface area (Å²) in [5, 5.41) is 2.19. The molecule has 106 valence electrons. The minimum atomic E-state index is -0.393. The number of benzene rings is 2. The van der Waals surface area contributed by atoms with Crippen molar-refractivity contribution in [2.24, 2.45) is 0 Å². The van der Waals surface area contributed by atoms with Crippen LogP contribution in [-0.4, -0.2) is 11.0 Å². The summed E-state index contributed by atoms with van der Waals surface area (Å²) in [6.45, 7) is 7.34. The lowest BCUT2D eigenvalue weighted by molar-refractivity contribution is -0.130. The highest BCUT2D eigenvalue weighted by Crippen LogP contribution is 2.35. The van der Waals surface area contributed by atoms with Gasteiger partial charge in [0, 0.05) is 21.9 Å². The average Bonchev–Trinajstić information content (AvgIpc) is 2.86. The Morgan fingerprint density at radius 2 is 1.95 bits per heavy atom. The normalized spacial score (nSPS) is 11.0. The first-order chi connectivity index (χ1) is 10.1. The van der Waals surface area contributed by atoms with Crippen molar-refractivity contribution in [2.75, 3.05) is 0 Å². The predicted octanol–water partition coefficient (Wildman–Crippen LogP) is 4.37. The lowest BCUT2D eigenvalue weighted by atomic mass is 10.1. The molecule has 0 aliphatic heterocycles. The summed E-state index contributed by atoms with van der Waals surface area (Å²) in [5.74, 6) is 0.218. The van der Waals surface area contributed by atoms with Gasteiger partial charge >= 0.3 is 5.97 Å². The molecule has 3 heteroatoms. The summed E-state index contributed by atoms with van der Waals surface area (Å²) in [6.07, 6.45) is 0.796. The van der Waals surface area contributed by atoms with E-state index >= 15 is 0 Å². The van der Waals surface area contributed by atoms with Gasteiger partial charge in [-0.25, -0.2) is 4.79 Å². The van der Waals surface area contributed by atoms with E-state index in [0.717, 1.165) is 33.8 Å². The van der Waals surface area contributed by atoms with Crippen LogP contribution in [0.15, 0.2) is 48.6 Å². The molecule has 0 unspecified atom stereocenters. The van der Waals surface area contributed by atoms with Gasteiger partial charge in [0.05, 0.1) is 5.52 Å². The third-order valence-corrected chi connectivity index (χ3v) is 3.64. The molecule has 3 nitrogen and oxygen atoms in total. The molecule has 0 saturated carbocycles. The lowest BCUT2D eigenvalue weighted by Gasteiger charge is -2.10. The maximum atomic E-state index is 11.9. The molecule has 21 heavy (non-hydrogen) atoms. The average molecular weight is 279 g/mol. The van der Waals surface area contributed by atoms with Crippen LogP contribution in [-0.2, 0) is 11.2 Å². The molecule has 0 atom stereocenters. The maximum absolute atomic E-state index is 11.9. The highest BCUT2D eigenvalue weighted by Gasteiger charge is 2.16. The third kappa shape index (κ3) is 2.21. The molecule has 0 aliphatic carbocycles. The number of aryl methyl sites for hydroxylation is 1. The van der Waals surface area contributed by atoms with Crippen LogP contribution in [0.2, 0.25) is 0 Å². The molecule has 0 bridgehead atoms. The number of ether oxygens (including phenoxy) is 1. The van der Waals surface area contributed by atoms with Gasteiger partial charge in [-0.15, -0.1) is 0 Å². The van der Waals surface area contributed by atoms with Crippen molar-refractivity contribution in [3.05, 3.63) is 54.1 Å². The van der Waals surface area contributed by atoms with Crippen molar-refractivity contribution < 1.29 is 9.53 Å². The molecule has 0 saturated heterocycles. The fraction of sp³-hybridized carbons (Fsp3) is 0.167. The van der Waals surface area contributed by atoms with Crippen molar-refractivity contribution in [3.8, 4) is 5.75 Å². The first-order valence-electron chi connectivity index (χ1n) is 7.01. The Hall–Kier alpha value is -2.55. The predicted molar refractivity (Wildman–Crippen MR) is 85.6 cm³/mol. The van der Waals surface area contributed by atoms with Gasteiger partial charge in [0.15, 0.2) is 5.75 Å². The van der Waals surface area contributed by atoms with Crippen LogP contribution >= 0.6 is 0 Å². The lowest BCUT2D eigenvalue weighted by Crippen LogP contribution is -2.10. The molecule has 0 aliphatic rings. The summed E-state index contributed by atoms with van der Waals surface area (Å²) in [5.41, 5.74) is 3.30. The topological polar surface area (TPSA) is 42.1 Å². The molecule has 0 spiro atoms. The minimum absolute atomic E-state index is 0.393. The van der Waals surface area contributed by atoms with E-state index in [1.807, 2.05) is 31.2 Å². The van der Waals surface area contributed by atoms with E-state index in [0.29, 0.717) is 11.3 Å². The highest BCUT2D eigenvalue weighted by molar-refractivity contribution is 6.10. The van der Waals surface area contributed by atoms with Crippen molar-refractivity contribution in [1.29, 1.82) is 0 Å². The van der Waals surface area contributed by atoms with Crippen LogP contribution < -0.4 is 4.74 Å². The summed E-state index contributed by atoms with van der Waals surface area (Å²) in [6, 6.07) is 12.2. The SMILES string of the molecule is C=C(C)C(=O)Oc1c(CC)ccc2c1[nH]c1ccccc12. The number of aromatic amines is 1. The number of esters is 1. The number of carbonyl (C=O) groups excluding carboxylic acids is 1. The molecule has 1 heterocycles. The van der Waals surface area contributed by atoms with Gasteiger partial charge in [-0.2, -0.15) is 0 Å². The van der Waals surface area contributed by atoms with Gasteiger partial charge in [0.25, 0.3) is 0 Å².